The fourth-order valence-electron chi connectivity index (χ4n) is 1.75. The van der Waals surface area contributed by atoms with Gasteiger partial charge in [-0.3, -0.25) is 4.79 Å². The minimum atomic E-state index is -0.0980. The topological polar surface area (TPSA) is 87.4 Å². The minimum absolute atomic E-state index is 0.0980. The van der Waals surface area contributed by atoms with E-state index in [0.717, 1.165) is 44.5 Å². The van der Waals surface area contributed by atoms with E-state index in [9.17, 15) is 4.79 Å². The first kappa shape index (κ1) is 17.2. The Morgan fingerprint density at radius 1 is 1.10 bits per heavy atom. The summed E-state index contributed by atoms with van der Waals surface area (Å²) in [6.45, 7) is 3.31. The number of unbranched alkanes of at least 4 members (excludes halogenated alkanes) is 1. The number of carbonyl (C=O) groups excluding carboxylic acids is 1. The number of benzene rings is 1. The molecule has 0 radical (unpaired) electrons. The van der Waals surface area contributed by atoms with Crippen LogP contribution in [0.4, 0.5) is 0 Å². The van der Waals surface area contributed by atoms with Crippen molar-refractivity contribution in [3.63, 3.8) is 0 Å². The molecule has 0 aromatic heterocycles. The van der Waals surface area contributed by atoms with Gasteiger partial charge in [0, 0.05) is 12.6 Å². The van der Waals surface area contributed by atoms with Gasteiger partial charge in [0.25, 0.3) is 0 Å². The second-order valence-corrected chi connectivity index (χ2v) is 4.82. The zero-order valence-corrected chi connectivity index (χ0v) is 12.3. The zero-order chi connectivity index (χ0) is 15.3. The van der Waals surface area contributed by atoms with E-state index in [1.807, 2.05) is 0 Å². The second-order valence-electron chi connectivity index (χ2n) is 4.82. The summed E-state index contributed by atoms with van der Waals surface area (Å²) in [4.78, 5) is 11.6. The maximum atomic E-state index is 11.6. The van der Waals surface area contributed by atoms with Gasteiger partial charge < -0.3 is 21.5 Å². The summed E-state index contributed by atoms with van der Waals surface area (Å²) in [5.41, 5.74) is 6.28. The summed E-state index contributed by atoms with van der Waals surface area (Å²) in [6.07, 6.45) is 6.22. The van der Waals surface area contributed by atoms with Crippen LogP contribution in [0.5, 0.6) is 5.75 Å². The van der Waals surface area contributed by atoms with Crippen molar-refractivity contribution in [2.75, 3.05) is 26.2 Å². The second kappa shape index (κ2) is 10.9. The molecule has 1 aromatic carbocycles. The number of aromatic hydroxyl groups is 1. The Labute approximate surface area is 126 Å². The van der Waals surface area contributed by atoms with Gasteiger partial charge in [-0.2, -0.15) is 0 Å². The lowest BCUT2D eigenvalue weighted by atomic mass is 10.2. The van der Waals surface area contributed by atoms with Crippen molar-refractivity contribution in [1.82, 2.24) is 10.6 Å². The predicted molar refractivity (Wildman–Crippen MR) is 85.9 cm³/mol. The van der Waals surface area contributed by atoms with Gasteiger partial charge in [-0.15, -0.1) is 0 Å². The van der Waals surface area contributed by atoms with Gasteiger partial charge in [-0.05, 0) is 62.7 Å². The highest BCUT2D eigenvalue weighted by Gasteiger charge is 1.95. The van der Waals surface area contributed by atoms with Gasteiger partial charge in [-0.1, -0.05) is 12.1 Å². The molecule has 5 N–H and O–H groups in total. The quantitative estimate of drug-likeness (QED) is 0.386. The van der Waals surface area contributed by atoms with Gasteiger partial charge >= 0.3 is 0 Å². The third-order valence-electron chi connectivity index (χ3n) is 2.96. The highest BCUT2D eigenvalue weighted by Crippen LogP contribution is 2.10. The van der Waals surface area contributed by atoms with E-state index in [1.54, 1.807) is 30.3 Å². The molecule has 21 heavy (non-hydrogen) atoms. The molecule has 0 saturated heterocycles. The molecule has 116 valence electrons. The first-order chi connectivity index (χ1) is 10.2. The molecule has 0 aliphatic carbocycles. The van der Waals surface area contributed by atoms with Crippen LogP contribution in [0, 0.1) is 0 Å². The highest BCUT2D eigenvalue weighted by molar-refractivity contribution is 5.91. The Bertz CT molecular complexity index is 430. The number of carbonyl (C=O) groups is 1. The van der Waals surface area contributed by atoms with Crippen LogP contribution in [0.2, 0.25) is 0 Å². The number of nitrogens with two attached hydrogens (primary N) is 1. The minimum Gasteiger partial charge on any atom is -0.508 e. The summed E-state index contributed by atoms with van der Waals surface area (Å²) < 4.78 is 0. The molecule has 1 rings (SSSR count). The Hall–Kier alpha value is -1.85. The average Bonchev–Trinajstić information content (AvgIpc) is 2.49. The maximum Gasteiger partial charge on any atom is 0.243 e. The molecule has 1 aromatic rings. The maximum absolute atomic E-state index is 11.6. The van der Waals surface area contributed by atoms with Crippen LogP contribution < -0.4 is 16.4 Å². The van der Waals surface area contributed by atoms with Crippen molar-refractivity contribution in [2.24, 2.45) is 5.73 Å². The molecule has 5 nitrogen and oxygen atoms in total. The molecule has 0 fully saturated rings. The predicted octanol–water partition coefficient (Wildman–Crippen LogP) is 1.24. The highest BCUT2D eigenvalue weighted by atomic mass is 16.3. The van der Waals surface area contributed by atoms with E-state index in [0.29, 0.717) is 6.54 Å². The summed E-state index contributed by atoms with van der Waals surface area (Å²) in [5.74, 6) is 0.121. The van der Waals surface area contributed by atoms with Crippen molar-refractivity contribution in [3.05, 3.63) is 35.9 Å². The number of hydrogen-bond donors (Lipinski definition) is 4. The standard InChI is InChI=1S/C16H25N3O2/c17-10-3-12-18-11-1-2-13-19-16(21)9-6-14-4-7-15(20)8-5-14/h4-9,18,20H,1-3,10-13,17H2,(H,19,21). The smallest absolute Gasteiger partial charge is 0.243 e. The van der Waals surface area contributed by atoms with E-state index >= 15 is 0 Å². The van der Waals surface area contributed by atoms with Gasteiger partial charge in [0.15, 0.2) is 0 Å². The average molecular weight is 291 g/mol. The molecule has 0 atom stereocenters. The van der Waals surface area contributed by atoms with E-state index in [2.05, 4.69) is 10.6 Å². The summed E-state index contributed by atoms with van der Waals surface area (Å²) in [7, 11) is 0. The van der Waals surface area contributed by atoms with Crippen LogP contribution in [0.3, 0.4) is 0 Å². The van der Waals surface area contributed by atoms with Crippen molar-refractivity contribution in [2.45, 2.75) is 19.3 Å². The molecule has 1 amide bonds. The molecule has 0 bridgehead atoms. The van der Waals surface area contributed by atoms with Crippen LogP contribution in [-0.2, 0) is 4.79 Å². The molecule has 0 aliphatic rings. The SMILES string of the molecule is NCCCNCCCCNC(=O)C=Cc1ccc(O)cc1. The van der Waals surface area contributed by atoms with E-state index in [4.69, 9.17) is 10.8 Å². The van der Waals surface area contributed by atoms with Crippen LogP contribution in [0.15, 0.2) is 30.3 Å². The lowest BCUT2D eigenvalue weighted by Crippen LogP contribution is -2.24. The number of phenols is 1. The molecule has 0 heterocycles. The van der Waals surface area contributed by atoms with Crippen molar-refractivity contribution >= 4 is 12.0 Å². The molecule has 0 aliphatic heterocycles. The largest absolute Gasteiger partial charge is 0.508 e. The Morgan fingerprint density at radius 3 is 2.48 bits per heavy atom. The molecular formula is C16H25N3O2. The Morgan fingerprint density at radius 2 is 1.76 bits per heavy atom. The van der Waals surface area contributed by atoms with Gasteiger partial charge in [0.1, 0.15) is 5.75 Å². The molecule has 0 unspecified atom stereocenters. The third-order valence-corrected chi connectivity index (χ3v) is 2.96. The van der Waals surface area contributed by atoms with E-state index in [1.165, 1.54) is 6.08 Å². The van der Waals surface area contributed by atoms with Gasteiger partial charge in [0.2, 0.25) is 5.91 Å². The summed E-state index contributed by atoms with van der Waals surface area (Å²) in [6, 6.07) is 6.70. The lowest BCUT2D eigenvalue weighted by Gasteiger charge is -2.04. The fraction of sp³-hybridized carbons (Fsp3) is 0.438. The number of nitrogens with one attached hydrogen (secondary N) is 2. The lowest BCUT2D eigenvalue weighted by molar-refractivity contribution is -0.116. The van der Waals surface area contributed by atoms with E-state index < -0.39 is 0 Å². The monoisotopic (exact) mass is 291 g/mol. The van der Waals surface area contributed by atoms with Gasteiger partial charge in [-0.25, -0.2) is 0 Å². The third kappa shape index (κ3) is 8.83. The van der Waals surface area contributed by atoms with Crippen molar-refractivity contribution < 1.29 is 9.90 Å². The summed E-state index contributed by atoms with van der Waals surface area (Å²) in [5, 5.41) is 15.3. The zero-order valence-electron chi connectivity index (χ0n) is 12.3. The number of rotatable bonds is 10. The van der Waals surface area contributed by atoms with Crippen LogP contribution in [0.1, 0.15) is 24.8 Å². The molecule has 0 spiro atoms. The Balaban J connectivity index is 2.07. The Kier molecular flexibility index (Phi) is 8.91. The van der Waals surface area contributed by atoms with Crippen LogP contribution >= 0.6 is 0 Å². The number of hydrogen-bond acceptors (Lipinski definition) is 4. The normalized spacial score (nSPS) is 10.9. The number of phenolic OH excluding ortho intramolecular Hbond substituents is 1. The molecule has 0 saturated carbocycles. The molecule has 5 heteroatoms. The van der Waals surface area contributed by atoms with Crippen molar-refractivity contribution in [1.29, 1.82) is 0 Å². The number of amides is 1. The van der Waals surface area contributed by atoms with Gasteiger partial charge in [0.05, 0.1) is 0 Å². The van der Waals surface area contributed by atoms with E-state index in [-0.39, 0.29) is 11.7 Å². The first-order valence-electron chi connectivity index (χ1n) is 7.38. The first-order valence-corrected chi connectivity index (χ1v) is 7.38. The van der Waals surface area contributed by atoms with Crippen LogP contribution in [-0.4, -0.2) is 37.2 Å². The molecular weight excluding hydrogens is 266 g/mol. The summed E-state index contributed by atoms with van der Waals surface area (Å²) >= 11 is 0. The fourth-order valence-corrected chi connectivity index (χ4v) is 1.75. The van der Waals surface area contributed by atoms with Crippen molar-refractivity contribution in [3.8, 4) is 5.75 Å². The van der Waals surface area contributed by atoms with Crippen LogP contribution in [0.25, 0.3) is 6.08 Å².